The van der Waals surface area contributed by atoms with Gasteiger partial charge in [0.05, 0.1) is 73.5 Å². The fourth-order valence-corrected chi connectivity index (χ4v) is 7.83. The van der Waals surface area contributed by atoms with Gasteiger partial charge in [-0.15, -0.1) is 0 Å². The predicted molar refractivity (Wildman–Crippen MR) is 234 cm³/mol. The van der Waals surface area contributed by atoms with Gasteiger partial charge in [0.1, 0.15) is 12.2 Å². The third-order valence-electron chi connectivity index (χ3n) is 12.0. The van der Waals surface area contributed by atoms with Crippen LogP contribution in [0.15, 0.2) is 85.1 Å². The minimum Gasteiger partial charge on any atom is -0.462 e. The summed E-state index contributed by atoms with van der Waals surface area (Å²) in [5.41, 5.74) is 6.06. The van der Waals surface area contributed by atoms with Crippen molar-refractivity contribution in [3.63, 3.8) is 0 Å². The Kier molecular flexibility index (Phi) is 23.1. The zero-order valence-electron chi connectivity index (χ0n) is 36.9. The van der Waals surface area contributed by atoms with E-state index < -0.39 is 109 Å². The number of carbonyl (C=O) groups excluding carboxylic acids is 1. The van der Waals surface area contributed by atoms with E-state index in [1.54, 1.807) is 52.0 Å². The topological polar surface area (TPSA) is 262 Å². The monoisotopic (exact) mass is 878 g/mol. The molecule has 3 aliphatic heterocycles. The smallest absolute Gasteiger partial charge is 0.308 e. The molecule has 3 heterocycles. The van der Waals surface area contributed by atoms with Crippen molar-refractivity contribution in [2.24, 2.45) is 23.5 Å². The summed E-state index contributed by atoms with van der Waals surface area (Å²) in [6.45, 7) is 8.71. The molecule has 7 unspecified atom stereocenters. The molecule has 3 aliphatic rings. The van der Waals surface area contributed by atoms with Gasteiger partial charge in [-0.3, -0.25) is 4.79 Å². The Labute approximate surface area is 367 Å². The van der Waals surface area contributed by atoms with Crippen LogP contribution in [-0.4, -0.2) is 143 Å². The second kappa shape index (κ2) is 26.8. The number of hydrogen-bond donors (Lipinski definition) is 10. The molecule has 11 N–H and O–H groups in total. The summed E-state index contributed by atoms with van der Waals surface area (Å²) in [6, 6.07) is -1.02. The van der Waals surface area contributed by atoms with E-state index in [-0.39, 0.29) is 57.3 Å². The highest BCUT2D eigenvalue weighted by atomic mass is 16.7. The Morgan fingerprint density at radius 3 is 1.79 bits per heavy atom. The van der Waals surface area contributed by atoms with Gasteiger partial charge in [-0.1, -0.05) is 106 Å². The van der Waals surface area contributed by atoms with Crippen LogP contribution in [0.2, 0.25) is 0 Å². The van der Waals surface area contributed by atoms with Gasteiger partial charge in [0.15, 0.2) is 12.1 Å². The molecule has 3 rings (SSSR count). The number of carbonyl (C=O) groups is 1. The molecule has 0 radical (unpaired) electrons. The molecule has 62 heavy (non-hydrogen) atoms. The summed E-state index contributed by atoms with van der Waals surface area (Å²) in [5.74, 6) is -3.69. The van der Waals surface area contributed by atoms with Gasteiger partial charge in [-0.05, 0) is 46.0 Å². The molecule has 15 heteroatoms. The van der Waals surface area contributed by atoms with E-state index in [0.29, 0.717) is 6.42 Å². The molecular weight excluding hydrogens is 803 g/mol. The van der Waals surface area contributed by atoms with E-state index in [9.17, 15) is 50.8 Å². The predicted octanol–water partition coefficient (Wildman–Crippen LogP) is 2.68. The Morgan fingerprint density at radius 1 is 0.629 bits per heavy atom. The number of aliphatic hydroxyl groups excluding tert-OH is 8. The SMILES string of the molecule is CC1OC(O[C@H]2\C=C/C=C\C=C/C=C\C=C/C=C\C=C/[C@H](C)[C@@H](O)[C@@H](C)[C@H](C)OC(=O)C[C@H](O)C[C@H](O)C[C@H](O)CCC[C@H](O)C[C@]3(O)C[C@H](O)C(C)C(C2)O3)C(O)C(N)C1O. The molecule has 2 bridgehead atoms. The first-order valence-electron chi connectivity index (χ1n) is 22.1. The van der Waals surface area contributed by atoms with Crippen molar-refractivity contribution in [1.29, 1.82) is 0 Å². The third-order valence-corrected chi connectivity index (χ3v) is 12.0. The number of rotatable bonds is 2. The first-order valence-corrected chi connectivity index (χ1v) is 22.1. The van der Waals surface area contributed by atoms with Crippen LogP contribution in [0.1, 0.15) is 92.4 Å². The molecule has 18 atom stereocenters. The van der Waals surface area contributed by atoms with E-state index in [4.69, 9.17) is 24.7 Å². The van der Waals surface area contributed by atoms with Crippen molar-refractivity contribution in [2.45, 2.75) is 184 Å². The molecule has 2 saturated heterocycles. The third kappa shape index (κ3) is 18.3. The molecule has 0 aromatic carbocycles. The average molecular weight is 878 g/mol. The maximum absolute atomic E-state index is 12.6. The van der Waals surface area contributed by atoms with Crippen molar-refractivity contribution in [3.05, 3.63) is 85.1 Å². The quantitative estimate of drug-likeness (QED) is 0.179. The van der Waals surface area contributed by atoms with Crippen LogP contribution in [-0.2, 0) is 23.7 Å². The van der Waals surface area contributed by atoms with Crippen LogP contribution in [0.25, 0.3) is 0 Å². The van der Waals surface area contributed by atoms with Crippen molar-refractivity contribution in [2.75, 3.05) is 0 Å². The molecule has 2 fully saturated rings. The summed E-state index contributed by atoms with van der Waals surface area (Å²) >= 11 is 0. The van der Waals surface area contributed by atoms with Gasteiger partial charge < -0.3 is 70.6 Å². The van der Waals surface area contributed by atoms with E-state index in [0.717, 1.165) is 0 Å². The summed E-state index contributed by atoms with van der Waals surface area (Å²) in [5, 5.41) is 97.2. The molecule has 0 aromatic heterocycles. The van der Waals surface area contributed by atoms with Crippen LogP contribution in [0, 0.1) is 17.8 Å². The van der Waals surface area contributed by atoms with Gasteiger partial charge in [0, 0.05) is 37.0 Å². The second-order valence-electron chi connectivity index (χ2n) is 17.4. The van der Waals surface area contributed by atoms with E-state index >= 15 is 0 Å². The van der Waals surface area contributed by atoms with Crippen LogP contribution >= 0.6 is 0 Å². The first kappa shape index (κ1) is 53.5. The van der Waals surface area contributed by atoms with Crippen LogP contribution in [0.3, 0.4) is 0 Å². The number of fused-ring (bicyclic) bond motifs is 2. The number of esters is 1. The standard InChI is InChI=1S/C47H75NO14/c1-29-19-16-14-12-10-8-6-7-9-11-13-15-17-22-38(61-46-45(57)42(48)44(56)33(5)60-46)26-40-31(3)39(53)28-47(58,62-40)27-35(50)21-18-20-34(49)23-36(51)24-37(52)25-41(54)59-32(4)30(2)43(29)55/h6-17,19,22,29-40,42-46,49-53,55-58H,18,20-21,23-28,48H2,1-5H3/b7-6-,10-8-,11-9-,14-12-,15-13-,19-16-,22-17-/t29-,30-,31?,32-,33?,34+,35-,36+,37+,38-,39-,40?,42?,43+,44?,45?,46?,47+/m0/s1. The number of hydrogen-bond acceptors (Lipinski definition) is 15. The van der Waals surface area contributed by atoms with E-state index in [1.807, 2.05) is 67.7 Å². The maximum Gasteiger partial charge on any atom is 0.308 e. The second-order valence-corrected chi connectivity index (χ2v) is 17.4. The molecule has 0 spiro atoms. The number of nitrogens with two attached hydrogens (primary N) is 1. The molecule has 0 aliphatic carbocycles. The van der Waals surface area contributed by atoms with Gasteiger partial charge in [-0.25, -0.2) is 0 Å². The Bertz CT molecular complexity index is 1530. The summed E-state index contributed by atoms with van der Waals surface area (Å²) in [4.78, 5) is 12.6. The Morgan fingerprint density at radius 2 is 1.18 bits per heavy atom. The minimum atomic E-state index is -1.90. The zero-order chi connectivity index (χ0) is 46.0. The highest BCUT2D eigenvalue weighted by molar-refractivity contribution is 5.70. The van der Waals surface area contributed by atoms with Gasteiger partial charge in [-0.2, -0.15) is 0 Å². The lowest BCUT2D eigenvalue weighted by Gasteiger charge is -2.45. The number of allylic oxidation sites excluding steroid dienone is 12. The van der Waals surface area contributed by atoms with Crippen molar-refractivity contribution in [1.82, 2.24) is 0 Å². The normalized spacial score (nSPS) is 46.0. The summed E-state index contributed by atoms with van der Waals surface area (Å²) in [7, 11) is 0. The van der Waals surface area contributed by atoms with Crippen LogP contribution in [0.4, 0.5) is 0 Å². The number of aliphatic hydroxyl groups is 9. The number of ether oxygens (including phenoxy) is 4. The van der Waals surface area contributed by atoms with Crippen molar-refractivity contribution >= 4 is 5.97 Å². The fourth-order valence-electron chi connectivity index (χ4n) is 7.83. The Hall–Kier alpha value is -2.87. The van der Waals surface area contributed by atoms with Gasteiger partial charge in [0.25, 0.3) is 0 Å². The molecule has 0 aromatic rings. The van der Waals surface area contributed by atoms with Crippen molar-refractivity contribution < 1.29 is 69.7 Å². The Balaban J connectivity index is 1.78. The highest BCUT2D eigenvalue weighted by Gasteiger charge is 2.47. The average Bonchev–Trinajstić information content (AvgIpc) is 3.19. The minimum absolute atomic E-state index is 0.0763. The van der Waals surface area contributed by atoms with E-state index in [1.165, 1.54) is 0 Å². The highest BCUT2D eigenvalue weighted by Crippen LogP contribution is 2.37. The summed E-state index contributed by atoms with van der Waals surface area (Å²) < 4.78 is 23.7. The lowest BCUT2D eigenvalue weighted by Crippen LogP contribution is -2.61. The summed E-state index contributed by atoms with van der Waals surface area (Å²) in [6.07, 6.45) is 12.5. The lowest BCUT2D eigenvalue weighted by molar-refractivity contribution is -0.308. The molecule has 15 nitrogen and oxygen atoms in total. The van der Waals surface area contributed by atoms with Crippen LogP contribution < -0.4 is 5.73 Å². The largest absolute Gasteiger partial charge is 0.462 e. The van der Waals surface area contributed by atoms with Crippen molar-refractivity contribution in [3.8, 4) is 0 Å². The fraction of sp³-hybridized carbons (Fsp3) is 0.681. The molecule has 352 valence electrons. The van der Waals surface area contributed by atoms with Gasteiger partial charge >= 0.3 is 5.97 Å². The molecular formula is C47H75NO14. The first-order chi connectivity index (χ1) is 29.3. The number of cyclic esters (lactones) is 1. The maximum atomic E-state index is 12.6. The zero-order valence-corrected chi connectivity index (χ0v) is 36.9. The van der Waals surface area contributed by atoms with E-state index in [2.05, 4.69) is 0 Å². The lowest BCUT2D eigenvalue weighted by atomic mass is 9.84. The molecule has 0 amide bonds. The molecule has 0 saturated carbocycles. The van der Waals surface area contributed by atoms with Crippen LogP contribution in [0.5, 0.6) is 0 Å². The van der Waals surface area contributed by atoms with Gasteiger partial charge in [0.2, 0.25) is 0 Å².